The number of hydrogen-bond donors (Lipinski definition) is 2. The first kappa shape index (κ1) is 15.5. The fourth-order valence-corrected chi connectivity index (χ4v) is 2.53. The van der Waals surface area contributed by atoms with Crippen LogP contribution in [0, 0.1) is 5.92 Å². The molecule has 113 valence electrons. The van der Waals surface area contributed by atoms with Crippen molar-refractivity contribution in [2.24, 2.45) is 5.92 Å². The zero-order chi connectivity index (χ0) is 15.1. The largest absolute Gasteiger partial charge is 0.326 e. The van der Waals surface area contributed by atoms with Crippen LogP contribution in [0.2, 0.25) is 0 Å². The van der Waals surface area contributed by atoms with Gasteiger partial charge in [0.1, 0.15) is 0 Å². The van der Waals surface area contributed by atoms with E-state index in [-0.39, 0.29) is 11.8 Å². The molecule has 5 heteroatoms. The summed E-state index contributed by atoms with van der Waals surface area (Å²) < 4.78 is 0. The lowest BCUT2D eigenvalue weighted by atomic mass is 9.94. The van der Waals surface area contributed by atoms with Gasteiger partial charge in [0, 0.05) is 37.8 Å². The summed E-state index contributed by atoms with van der Waals surface area (Å²) in [4.78, 5) is 23.0. The zero-order valence-electron chi connectivity index (χ0n) is 12.4. The van der Waals surface area contributed by atoms with Crippen LogP contribution in [0.4, 0.5) is 11.4 Å². The molecule has 21 heavy (non-hydrogen) atoms. The van der Waals surface area contributed by atoms with Crippen molar-refractivity contribution < 1.29 is 9.59 Å². The lowest BCUT2D eigenvalue weighted by Crippen LogP contribution is -2.25. The minimum atomic E-state index is -0.125. The number of rotatable bonds is 5. The third kappa shape index (κ3) is 5.55. The number of nitrogens with one attached hydrogen (secondary N) is 2. The van der Waals surface area contributed by atoms with E-state index in [1.807, 2.05) is 6.07 Å². The average molecular weight is 288 g/mol. The van der Waals surface area contributed by atoms with E-state index in [0.717, 1.165) is 25.9 Å². The topological polar surface area (TPSA) is 72.3 Å². The summed E-state index contributed by atoms with van der Waals surface area (Å²) in [7, 11) is 0. The normalized spacial score (nSPS) is 18.0. The molecule has 1 radical (unpaired) electrons. The smallest absolute Gasteiger partial charge is 0.224 e. The Bertz CT molecular complexity index is 496. The number of hydrogen-bond acceptors (Lipinski definition) is 2. The van der Waals surface area contributed by atoms with Gasteiger partial charge in [0.2, 0.25) is 11.8 Å². The van der Waals surface area contributed by atoms with E-state index < -0.39 is 0 Å². The first-order valence-corrected chi connectivity index (χ1v) is 7.44. The number of piperidine rings is 1. The fourth-order valence-electron chi connectivity index (χ4n) is 2.53. The molecule has 1 aromatic rings. The van der Waals surface area contributed by atoms with Crippen molar-refractivity contribution in [1.82, 2.24) is 5.32 Å². The first-order valence-electron chi connectivity index (χ1n) is 7.44. The SMILES string of the molecule is CC(=O)Nc1cccc(NC(=O)CCC2CCC[N]C2)c1. The minimum absolute atomic E-state index is 0.0144. The van der Waals surface area contributed by atoms with Crippen molar-refractivity contribution in [3.05, 3.63) is 24.3 Å². The second kappa shape index (κ2) is 7.78. The molecule has 0 bridgehead atoms. The molecule has 1 atom stereocenters. The maximum atomic E-state index is 12.0. The summed E-state index contributed by atoms with van der Waals surface area (Å²) in [5.41, 5.74) is 1.39. The van der Waals surface area contributed by atoms with Gasteiger partial charge in [-0.1, -0.05) is 6.07 Å². The predicted octanol–water partition coefficient (Wildman–Crippen LogP) is 2.38. The van der Waals surface area contributed by atoms with Crippen LogP contribution < -0.4 is 16.0 Å². The lowest BCUT2D eigenvalue weighted by molar-refractivity contribution is -0.116. The van der Waals surface area contributed by atoms with Crippen molar-refractivity contribution in [3.8, 4) is 0 Å². The summed E-state index contributed by atoms with van der Waals surface area (Å²) in [5, 5.41) is 9.96. The van der Waals surface area contributed by atoms with Crippen molar-refractivity contribution >= 4 is 23.2 Å². The van der Waals surface area contributed by atoms with Gasteiger partial charge in [-0.2, -0.15) is 0 Å². The molecule has 2 rings (SSSR count). The molecule has 1 fully saturated rings. The Labute approximate surface area is 125 Å². The van der Waals surface area contributed by atoms with Gasteiger partial charge in [-0.15, -0.1) is 0 Å². The molecule has 1 aliphatic heterocycles. The maximum Gasteiger partial charge on any atom is 0.224 e. The van der Waals surface area contributed by atoms with E-state index in [4.69, 9.17) is 0 Å². The van der Waals surface area contributed by atoms with Crippen LogP contribution in [0.15, 0.2) is 24.3 Å². The van der Waals surface area contributed by atoms with Gasteiger partial charge in [-0.3, -0.25) is 9.59 Å². The fraction of sp³-hybridized carbons (Fsp3) is 0.500. The molecule has 0 saturated carbocycles. The number of anilines is 2. The summed E-state index contributed by atoms with van der Waals surface area (Å²) in [6, 6.07) is 7.18. The molecular weight excluding hydrogens is 266 g/mol. The summed E-state index contributed by atoms with van der Waals surface area (Å²) >= 11 is 0. The van der Waals surface area contributed by atoms with E-state index in [2.05, 4.69) is 16.0 Å². The quantitative estimate of drug-likeness (QED) is 0.873. The Morgan fingerprint density at radius 3 is 2.71 bits per heavy atom. The summed E-state index contributed by atoms with van der Waals surface area (Å²) in [5.74, 6) is 0.440. The standard InChI is InChI=1S/C16H22N3O2/c1-12(20)18-14-5-2-6-15(10-14)19-16(21)8-7-13-4-3-9-17-11-13/h2,5-6,10,13H,3-4,7-9,11H2,1H3,(H,18,20)(H,19,21). The third-order valence-electron chi connectivity index (χ3n) is 3.56. The molecule has 2 N–H and O–H groups in total. The number of carbonyl (C=O) groups is 2. The Hall–Kier alpha value is -1.88. The van der Waals surface area contributed by atoms with Gasteiger partial charge in [0.15, 0.2) is 0 Å². The maximum absolute atomic E-state index is 12.0. The molecular formula is C16H22N3O2. The molecule has 1 heterocycles. The molecule has 1 aliphatic rings. The van der Waals surface area contributed by atoms with E-state index in [1.165, 1.54) is 13.3 Å². The van der Waals surface area contributed by atoms with Crippen LogP contribution in [-0.2, 0) is 9.59 Å². The van der Waals surface area contributed by atoms with E-state index >= 15 is 0 Å². The highest BCUT2D eigenvalue weighted by Crippen LogP contribution is 2.18. The Morgan fingerprint density at radius 1 is 1.29 bits per heavy atom. The van der Waals surface area contributed by atoms with Crippen LogP contribution in [0.1, 0.15) is 32.6 Å². The monoisotopic (exact) mass is 288 g/mol. The Balaban J connectivity index is 1.80. The van der Waals surface area contributed by atoms with Crippen molar-refractivity contribution in [1.29, 1.82) is 0 Å². The van der Waals surface area contributed by atoms with E-state index in [0.29, 0.717) is 23.7 Å². The van der Waals surface area contributed by atoms with Gasteiger partial charge < -0.3 is 10.6 Å². The lowest BCUT2D eigenvalue weighted by Gasteiger charge is -2.20. The van der Waals surface area contributed by atoms with E-state index in [1.54, 1.807) is 18.2 Å². The van der Waals surface area contributed by atoms with Crippen LogP contribution in [0.25, 0.3) is 0 Å². The molecule has 1 aromatic carbocycles. The van der Waals surface area contributed by atoms with E-state index in [9.17, 15) is 9.59 Å². The predicted molar refractivity (Wildman–Crippen MR) is 83.2 cm³/mol. The highest BCUT2D eigenvalue weighted by Gasteiger charge is 2.15. The van der Waals surface area contributed by atoms with Gasteiger partial charge in [0.25, 0.3) is 0 Å². The molecule has 5 nitrogen and oxygen atoms in total. The second-order valence-electron chi connectivity index (χ2n) is 5.49. The molecule has 0 aliphatic carbocycles. The molecule has 0 spiro atoms. The van der Waals surface area contributed by atoms with Gasteiger partial charge in [-0.25, -0.2) is 5.32 Å². The Kier molecular flexibility index (Phi) is 5.75. The summed E-state index contributed by atoms with van der Waals surface area (Å²) in [6.45, 7) is 3.32. The Morgan fingerprint density at radius 2 is 2.05 bits per heavy atom. The van der Waals surface area contributed by atoms with Crippen molar-refractivity contribution in [3.63, 3.8) is 0 Å². The average Bonchev–Trinajstić information content (AvgIpc) is 2.46. The van der Waals surface area contributed by atoms with Crippen LogP contribution >= 0.6 is 0 Å². The molecule has 2 amide bonds. The van der Waals surface area contributed by atoms with Crippen molar-refractivity contribution in [2.45, 2.75) is 32.6 Å². The van der Waals surface area contributed by atoms with Crippen LogP contribution in [0.3, 0.4) is 0 Å². The highest BCUT2D eigenvalue weighted by molar-refractivity contribution is 5.93. The van der Waals surface area contributed by atoms with Crippen LogP contribution in [0.5, 0.6) is 0 Å². The van der Waals surface area contributed by atoms with Crippen molar-refractivity contribution in [2.75, 3.05) is 23.7 Å². The molecule has 1 unspecified atom stereocenters. The number of carbonyl (C=O) groups excluding carboxylic acids is 2. The van der Waals surface area contributed by atoms with Gasteiger partial charge in [0.05, 0.1) is 0 Å². The molecule has 0 aromatic heterocycles. The second-order valence-corrected chi connectivity index (χ2v) is 5.49. The first-order chi connectivity index (χ1) is 10.1. The third-order valence-corrected chi connectivity index (χ3v) is 3.56. The zero-order valence-corrected chi connectivity index (χ0v) is 12.4. The number of amides is 2. The van der Waals surface area contributed by atoms with Crippen LogP contribution in [-0.4, -0.2) is 24.9 Å². The highest BCUT2D eigenvalue weighted by atomic mass is 16.2. The number of benzene rings is 1. The van der Waals surface area contributed by atoms with Gasteiger partial charge >= 0.3 is 0 Å². The molecule has 1 saturated heterocycles. The summed E-state index contributed by atoms with van der Waals surface area (Å²) in [6.07, 6.45) is 3.73. The van der Waals surface area contributed by atoms with Gasteiger partial charge in [-0.05, 0) is 43.4 Å². The number of nitrogens with zero attached hydrogens (tertiary/aromatic N) is 1. The minimum Gasteiger partial charge on any atom is -0.326 e.